The molecule has 4 rings (SSSR count). The van der Waals surface area contributed by atoms with Crippen molar-refractivity contribution in [3.8, 4) is 11.5 Å². The van der Waals surface area contributed by atoms with E-state index in [0.717, 1.165) is 48.7 Å². The maximum absolute atomic E-state index is 11.3. The van der Waals surface area contributed by atoms with Gasteiger partial charge in [0, 0.05) is 22.9 Å². The summed E-state index contributed by atoms with van der Waals surface area (Å²) in [7, 11) is 1.62. The molecule has 7 nitrogen and oxygen atoms in total. The van der Waals surface area contributed by atoms with Crippen LogP contribution in [0, 0.1) is 0 Å². The zero-order valence-electron chi connectivity index (χ0n) is 17.3. The number of fused-ring (bicyclic) bond motifs is 1. The maximum atomic E-state index is 11.3. The third-order valence-corrected chi connectivity index (χ3v) is 5.63. The average molecular weight is 441 g/mol. The molecule has 0 bridgehead atoms. The number of aromatic nitrogens is 2. The number of nitrogens with zero attached hydrogens (tertiary/aromatic N) is 2. The number of rotatable bonds is 8. The van der Waals surface area contributed by atoms with Gasteiger partial charge in [0.2, 0.25) is 0 Å². The SMILES string of the molecule is COc1cc2ncnc(NC(CC=O)c3cccc(Cl)c3)c2cc1OC1CCNCC1. The summed E-state index contributed by atoms with van der Waals surface area (Å²) < 4.78 is 11.8. The van der Waals surface area contributed by atoms with Crippen LogP contribution >= 0.6 is 11.6 Å². The first-order valence-corrected chi connectivity index (χ1v) is 10.7. The summed E-state index contributed by atoms with van der Waals surface area (Å²) in [4.78, 5) is 20.2. The van der Waals surface area contributed by atoms with Gasteiger partial charge in [0.05, 0.1) is 18.7 Å². The molecule has 0 radical (unpaired) electrons. The molecule has 1 atom stereocenters. The first-order chi connectivity index (χ1) is 15.2. The molecular weight excluding hydrogens is 416 g/mol. The summed E-state index contributed by atoms with van der Waals surface area (Å²) in [5.41, 5.74) is 1.63. The van der Waals surface area contributed by atoms with E-state index in [0.29, 0.717) is 22.3 Å². The molecule has 3 aromatic rings. The summed E-state index contributed by atoms with van der Waals surface area (Å²) in [6, 6.07) is 10.9. The number of ether oxygens (including phenoxy) is 2. The minimum atomic E-state index is -0.273. The number of hydrogen-bond acceptors (Lipinski definition) is 7. The van der Waals surface area contributed by atoms with Crippen LogP contribution in [0.4, 0.5) is 5.82 Å². The van der Waals surface area contributed by atoms with Crippen LogP contribution in [-0.2, 0) is 4.79 Å². The quantitative estimate of drug-likeness (QED) is 0.508. The number of halogens is 1. The molecule has 8 heteroatoms. The van der Waals surface area contributed by atoms with Gasteiger partial charge in [-0.25, -0.2) is 9.97 Å². The van der Waals surface area contributed by atoms with E-state index in [1.54, 1.807) is 13.2 Å². The lowest BCUT2D eigenvalue weighted by atomic mass is 10.0. The summed E-state index contributed by atoms with van der Waals surface area (Å²) in [5, 5.41) is 8.14. The second-order valence-corrected chi connectivity index (χ2v) is 7.90. The molecule has 2 N–H and O–H groups in total. The summed E-state index contributed by atoms with van der Waals surface area (Å²) in [6.07, 6.45) is 4.66. The first-order valence-electron chi connectivity index (χ1n) is 10.3. The molecule has 2 heterocycles. The molecule has 1 aliphatic rings. The maximum Gasteiger partial charge on any atom is 0.162 e. The Bertz CT molecular complexity index is 1060. The van der Waals surface area contributed by atoms with Crippen LogP contribution in [0.5, 0.6) is 11.5 Å². The number of nitrogens with one attached hydrogen (secondary N) is 2. The van der Waals surface area contributed by atoms with E-state index in [2.05, 4.69) is 20.6 Å². The second-order valence-electron chi connectivity index (χ2n) is 7.46. The van der Waals surface area contributed by atoms with Crippen molar-refractivity contribution in [2.75, 3.05) is 25.5 Å². The molecule has 0 spiro atoms. The molecule has 0 aliphatic carbocycles. The summed E-state index contributed by atoms with van der Waals surface area (Å²) >= 11 is 6.16. The molecule has 1 aliphatic heterocycles. The van der Waals surface area contributed by atoms with Crippen LogP contribution < -0.4 is 20.1 Å². The van der Waals surface area contributed by atoms with E-state index in [-0.39, 0.29) is 18.6 Å². The van der Waals surface area contributed by atoms with E-state index < -0.39 is 0 Å². The van der Waals surface area contributed by atoms with Crippen molar-refractivity contribution in [3.05, 3.63) is 53.3 Å². The predicted octanol–water partition coefficient (Wildman–Crippen LogP) is 4.16. The fourth-order valence-electron chi connectivity index (χ4n) is 3.79. The molecule has 31 heavy (non-hydrogen) atoms. The van der Waals surface area contributed by atoms with Crippen molar-refractivity contribution in [3.63, 3.8) is 0 Å². The van der Waals surface area contributed by atoms with Gasteiger partial charge in [-0.3, -0.25) is 0 Å². The van der Waals surface area contributed by atoms with Crippen molar-refractivity contribution in [1.82, 2.24) is 15.3 Å². The van der Waals surface area contributed by atoms with E-state index in [4.69, 9.17) is 21.1 Å². The van der Waals surface area contributed by atoms with Crippen LogP contribution in [0.2, 0.25) is 5.02 Å². The van der Waals surface area contributed by atoms with Crippen LogP contribution in [0.3, 0.4) is 0 Å². The smallest absolute Gasteiger partial charge is 0.162 e. The minimum absolute atomic E-state index is 0.128. The Morgan fingerprint density at radius 2 is 2.06 bits per heavy atom. The van der Waals surface area contributed by atoms with Crippen molar-refractivity contribution >= 4 is 34.6 Å². The topological polar surface area (TPSA) is 85.4 Å². The highest BCUT2D eigenvalue weighted by Crippen LogP contribution is 2.36. The normalized spacial score (nSPS) is 15.4. The third kappa shape index (κ3) is 5.06. The van der Waals surface area contributed by atoms with E-state index in [1.807, 2.05) is 30.3 Å². The van der Waals surface area contributed by atoms with Gasteiger partial charge in [-0.1, -0.05) is 23.7 Å². The first kappa shape index (κ1) is 21.3. The number of benzene rings is 2. The van der Waals surface area contributed by atoms with Gasteiger partial charge < -0.3 is 24.9 Å². The molecule has 0 saturated carbocycles. The minimum Gasteiger partial charge on any atom is -0.493 e. The molecule has 2 aromatic carbocycles. The molecule has 0 amide bonds. The Morgan fingerprint density at radius 3 is 2.81 bits per heavy atom. The van der Waals surface area contributed by atoms with Crippen LogP contribution in [0.15, 0.2) is 42.7 Å². The number of piperidine rings is 1. The summed E-state index contributed by atoms with van der Waals surface area (Å²) in [6.45, 7) is 1.87. The number of carbonyl (C=O) groups excluding carboxylic acids is 1. The average Bonchev–Trinajstić information content (AvgIpc) is 2.79. The molecule has 162 valence electrons. The molecule has 1 fully saturated rings. The Hall–Kier alpha value is -2.90. The molecule has 1 unspecified atom stereocenters. The van der Waals surface area contributed by atoms with Gasteiger partial charge in [-0.2, -0.15) is 0 Å². The van der Waals surface area contributed by atoms with E-state index in [9.17, 15) is 4.79 Å². The monoisotopic (exact) mass is 440 g/mol. The fourth-order valence-corrected chi connectivity index (χ4v) is 3.99. The number of anilines is 1. The van der Waals surface area contributed by atoms with Gasteiger partial charge in [-0.05, 0) is 49.7 Å². The lowest BCUT2D eigenvalue weighted by Gasteiger charge is -2.25. The van der Waals surface area contributed by atoms with E-state index in [1.165, 1.54) is 6.33 Å². The number of hydrogen-bond donors (Lipinski definition) is 2. The van der Waals surface area contributed by atoms with Crippen molar-refractivity contribution in [1.29, 1.82) is 0 Å². The van der Waals surface area contributed by atoms with Gasteiger partial charge in [0.1, 0.15) is 24.5 Å². The van der Waals surface area contributed by atoms with Gasteiger partial charge in [0.15, 0.2) is 11.5 Å². The third-order valence-electron chi connectivity index (χ3n) is 5.39. The highest BCUT2D eigenvalue weighted by molar-refractivity contribution is 6.30. The lowest BCUT2D eigenvalue weighted by Crippen LogP contribution is -2.34. The highest BCUT2D eigenvalue weighted by Gasteiger charge is 2.20. The van der Waals surface area contributed by atoms with Gasteiger partial charge in [-0.15, -0.1) is 0 Å². The van der Waals surface area contributed by atoms with Crippen LogP contribution in [0.25, 0.3) is 10.9 Å². The molecular formula is C23H25ClN4O3. The van der Waals surface area contributed by atoms with Crippen molar-refractivity contribution in [2.45, 2.75) is 31.4 Å². The Labute approximate surface area is 186 Å². The number of methoxy groups -OCH3 is 1. The zero-order chi connectivity index (χ0) is 21.6. The van der Waals surface area contributed by atoms with Crippen molar-refractivity contribution < 1.29 is 14.3 Å². The highest BCUT2D eigenvalue weighted by atomic mass is 35.5. The molecule has 1 saturated heterocycles. The Morgan fingerprint density at radius 1 is 1.23 bits per heavy atom. The summed E-state index contributed by atoms with van der Waals surface area (Å²) in [5.74, 6) is 1.92. The Kier molecular flexibility index (Phi) is 6.84. The van der Waals surface area contributed by atoms with E-state index >= 15 is 0 Å². The molecule has 1 aromatic heterocycles. The van der Waals surface area contributed by atoms with Crippen molar-refractivity contribution in [2.24, 2.45) is 0 Å². The fraction of sp³-hybridized carbons (Fsp3) is 0.348. The number of carbonyl (C=O) groups is 1. The van der Waals surface area contributed by atoms with Gasteiger partial charge in [0.25, 0.3) is 0 Å². The van der Waals surface area contributed by atoms with Gasteiger partial charge >= 0.3 is 0 Å². The number of aldehydes is 1. The standard InChI is InChI=1S/C23H25ClN4O3/c1-30-21-13-20-18(12-22(21)31-17-5-8-25-9-6-17)23(27-14-26-20)28-19(7-10-29)15-3-2-4-16(24)11-15/h2-4,10-14,17,19,25H,5-9H2,1H3,(H,26,27,28). The predicted molar refractivity (Wildman–Crippen MR) is 121 cm³/mol. The van der Waals surface area contributed by atoms with Crippen LogP contribution in [0.1, 0.15) is 30.9 Å². The van der Waals surface area contributed by atoms with Crippen LogP contribution in [-0.4, -0.2) is 42.6 Å². The Balaban J connectivity index is 1.69. The largest absolute Gasteiger partial charge is 0.493 e. The second kappa shape index (κ2) is 9.94. The lowest BCUT2D eigenvalue weighted by molar-refractivity contribution is -0.108. The zero-order valence-corrected chi connectivity index (χ0v) is 18.1.